The lowest BCUT2D eigenvalue weighted by Gasteiger charge is -2.07. The third kappa shape index (κ3) is 3.52. The number of halogens is 1. The highest BCUT2D eigenvalue weighted by molar-refractivity contribution is 6.29. The van der Waals surface area contributed by atoms with Crippen molar-refractivity contribution < 1.29 is 0 Å². The third-order valence-electron chi connectivity index (χ3n) is 2.81. The fourth-order valence-corrected chi connectivity index (χ4v) is 2.02. The SMILES string of the molecule is Clc1cc(NCc2cccnn2)nc(-c2ccccc2)n1. The average molecular weight is 298 g/mol. The maximum absolute atomic E-state index is 6.06. The van der Waals surface area contributed by atoms with Gasteiger partial charge in [0.1, 0.15) is 11.0 Å². The number of nitrogens with zero attached hydrogens (tertiary/aromatic N) is 4. The van der Waals surface area contributed by atoms with Crippen LogP contribution < -0.4 is 5.32 Å². The van der Waals surface area contributed by atoms with Gasteiger partial charge in [-0.3, -0.25) is 0 Å². The molecule has 3 aromatic rings. The van der Waals surface area contributed by atoms with Crippen molar-refractivity contribution in [2.45, 2.75) is 6.54 Å². The van der Waals surface area contributed by atoms with Crippen molar-refractivity contribution in [1.29, 1.82) is 0 Å². The summed E-state index contributed by atoms with van der Waals surface area (Å²) in [5, 5.41) is 11.4. The molecule has 1 aromatic carbocycles. The van der Waals surface area contributed by atoms with E-state index in [0.29, 0.717) is 23.3 Å². The quantitative estimate of drug-likeness (QED) is 0.749. The van der Waals surface area contributed by atoms with Crippen LogP contribution in [0.5, 0.6) is 0 Å². The van der Waals surface area contributed by atoms with Gasteiger partial charge in [-0.1, -0.05) is 41.9 Å². The van der Waals surface area contributed by atoms with E-state index in [1.54, 1.807) is 12.3 Å². The van der Waals surface area contributed by atoms with E-state index in [1.165, 1.54) is 0 Å². The highest BCUT2D eigenvalue weighted by Gasteiger charge is 2.05. The molecule has 0 aliphatic rings. The molecule has 0 atom stereocenters. The largest absolute Gasteiger partial charge is 0.364 e. The Kier molecular flexibility index (Phi) is 4.02. The van der Waals surface area contributed by atoms with E-state index in [1.807, 2.05) is 42.5 Å². The number of hydrogen-bond donors (Lipinski definition) is 1. The zero-order valence-corrected chi connectivity index (χ0v) is 11.8. The maximum Gasteiger partial charge on any atom is 0.163 e. The van der Waals surface area contributed by atoms with Crippen LogP contribution >= 0.6 is 11.6 Å². The van der Waals surface area contributed by atoms with Crippen LogP contribution in [0.2, 0.25) is 5.15 Å². The first-order valence-electron chi connectivity index (χ1n) is 6.42. The number of nitrogens with one attached hydrogen (secondary N) is 1. The Balaban J connectivity index is 1.82. The lowest BCUT2D eigenvalue weighted by Crippen LogP contribution is -2.05. The molecule has 6 heteroatoms. The van der Waals surface area contributed by atoms with Gasteiger partial charge in [0.15, 0.2) is 5.82 Å². The lowest BCUT2D eigenvalue weighted by atomic mass is 10.2. The Morgan fingerprint density at radius 3 is 2.62 bits per heavy atom. The number of rotatable bonds is 4. The minimum Gasteiger partial charge on any atom is -0.364 e. The molecular weight excluding hydrogens is 286 g/mol. The summed E-state index contributed by atoms with van der Waals surface area (Å²) in [6.45, 7) is 0.523. The molecule has 0 radical (unpaired) electrons. The average Bonchev–Trinajstić information content (AvgIpc) is 2.54. The van der Waals surface area contributed by atoms with Crippen molar-refractivity contribution >= 4 is 17.4 Å². The molecule has 104 valence electrons. The van der Waals surface area contributed by atoms with Crippen LogP contribution in [0.1, 0.15) is 5.69 Å². The molecule has 0 amide bonds. The second-order valence-corrected chi connectivity index (χ2v) is 4.72. The molecule has 3 rings (SSSR count). The second kappa shape index (κ2) is 6.28. The minimum atomic E-state index is 0.394. The van der Waals surface area contributed by atoms with Gasteiger partial charge in [0.2, 0.25) is 0 Å². The van der Waals surface area contributed by atoms with Gasteiger partial charge in [0, 0.05) is 17.8 Å². The first-order valence-corrected chi connectivity index (χ1v) is 6.79. The van der Waals surface area contributed by atoms with Crippen LogP contribution in [-0.2, 0) is 6.54 Å². The second-order valence-electron chi connectivity index (χ2n) is 4.33. The van der Waals surface area contributed by atoms with Crippen molar-refractivity contribution in [3.8, 4) is 11.4 Å². The van der Waals surface area contributed by atoms with Crippen LogP contribution in [0.25, 0.3) is 11.4 Å². The molecular formula is C15H12ClN5. The summed E-state index contributed by atoms with van der Waals surface area (Å²) in [6.07, 6.45) is 1.64. The number of hydrogen-bond acceptors (Lipinski definition) is 5. The molecule has 0 spiro atoms. The van der Waals surface area contributed by atoms with Gasteiger partial charge in [-0.25, -0.2) is 9.97 Å². The van der Waals surface area contributed by atoms with Crippen molar-refractivity contribution in [3.05, 3.63) is 65.6 Å². The van der Waals surface area contributed by atoms with Gasteiger partial charge in [-0.15, -0.1) is 0 Å². The summed E-state index contributed by atoms with van der Waals surface area (Å²) < 4.78 is 0. The molecule has 0 saturated carbocycles. The summed E-state index contributed by atoms with van der Waals surface area (Å²) in [4.78, 5) is 8.71. The molecule has 0 aliphatic carbocycles. The molecule has 21 heavy (non-hydrogen) atoms. The van der Waals surface area contributed by atoms with Gasteiger partial charge < -0.3 is 5.32 Å². The van der Waals surface area contributed by atoms with Crippen LogP contribution in [0.15, 0.2) is 54.7 Å². The lowest BCUT2D eigenvalue weighted by molar-refractivity contribution is 0.919. The van der Waals surface area contributed by atoms with E-state index >= 15 is 0 Å². The summed E-state index contributed by atoms with van der Waals surface area (Å²) >= 11 is 6.06. The van der Waals surface area contributed by atoms with Gasteiger partial charge in [0.25, 0.3) is 0 Å². The molecule has 0 fully saturated rings. The van der Waals surface area contributed by atoms with E-state index in [4.69, 9.17) is 11.6 Å². The van der Waals surface area contributed by atoms with Gasteiger partial charge in [-0.05, 0) is 12.1 Å². The van der Waals surface area contributed by atoms with Crippen molar-refractivity contribution in [2.75, 3.05) is 5.32 Å². The molecule has 0 saturated heterocycles. The molecule has 5 nitrogen and oxygen atoms in total. The predicted octanol–water partition coefficient (Wildman–Crippen LogP) is 3.20. The number of anilines is 1. The first-order chi connectivity index (χ1) is 10.3. The predicted molar refractivity (Wildman–Crippen MR) is 81.8 cm³/mol. The summed E-state index contributed by atoms with van der Waals surface area (Å²) in [7, 11) is 0. The molecule has 2 heterocycles. The topological polar surface area (TPSA) is 63.6 Å². The van der Waals surface area contributed by atoms with Crippen molar-refractivity contribution in [3.63, 3.8) is 0 Å². The Morgan fingerprint density at radius 2 is 1.86 bits per heavy atom. The van der Waals surface area contributed by atoms with E-state index < -0.39 is 0 Å². The Morgan fingerprint density at radius 1 is 1.00 bits per heavy atom. The highest BCUT2D eigenvalue weighted by Crippen LogP contribution is 2.20. The van der Waals surface area contributed by atoms with E-state index in [0.717, 1.165) is 11.3 Å². The van der Waals surface area contributed by atoms with E-state index in [-0.39, 0.29) is 0 Å². The highest BCUT2D eigenvalue weighted by atomic mass is 35.5. The zero-order valence-electron chi connectivity index (χ0n) is 11.1. The smallest absolute Gasteiger partial charge is 0.163 e. The van der Waals surface area contributed by atoms with Crippen LogP contribution in [0.4, 0.5) is 5.82 Å². The summed E-state index contributed by atoms with van der Waals surface area (Å²) in [5.74, 6) is 1.24. The fourth-order valence-electron chi connectivity index (χ4n) is 1.83. The number of aromatic nitrogens is 4. The minimum absolute atomic E-state index is 0.394. The van der Waals surface area contributed by atoms with Crippen LogP contribution in [-0.4, -0.2) is 20.2 Å². The normalized spacial score (nSPS) is 10.3. The molecule has 0 unspecified atom stereocenters. The van der Waals surface area contributed by atoms with Crippen LogP contribution in [0, 0.1) is 0 Å². The summed E-state index contributed by atoms with van der Waals surface area (Å²) in [6, 6.07) is 15.1. The third-order valence-corrected chi connectivity index (χ3v) is 3.00. The van der Waals surface area contributed by atoms with Gasteiger partial charge in [0.05, 0.1) is 12.2 Å². The zero-order chi connectivity index (χ0) is 14.5. The first kappa shape index (κ1) is 13.5. The van der Waals surface area contributed by atoms with E-state index in [2.05, 4.69) is 25.5 Å². The Labute approximate surface area is 127 Å². The van der Waals surface area contributed by atoms with E-state index in [9.17, 15) is 0 Å². The Hall–Kier alpha value is -2.53. The fraction of sp³-hybridized carbons (Fsp3) is 0.0667. The monoisotopic (exact) mass is 297 g/mol. The molecule has 1 N–H and O–H groups in total. The van der Waals surface area contributed by atoms with Gasteiger partial charge in [-0.2, -0.15) is 10.2 Å². The molecule has 2 aromatic heterocycles. The molecule has 0 aliphatic heterocycles. The maximum atomic E-state index is 6.06. The van der Waals surface area contributed by atoms with Gasteiger partial charge >= 0.3 is 0 Å². The van der Waals surface area contributed by atoms with Crippen molar-refractivity contribution in [1.82, 2.24) is 20.2 Å². The van der Waals surface area contributed by atoms with Crippen molar-refractivity contribution in [2.24, 2.45) is 0 Å². The molecule has 0 bridgehead atoms. The van der Waals surface area contributed by atoms with Crippen LogP contribution in [0.3, 0.4) is 0 Å². The standard InChI is InChI=1S/C15H12ClN5/c16-13-9-14(17-10-12-7-4-8-18-21-12)20-15(19-13)11-5-2-1-3-6-11/h1-9H,10H2,(H,17,19,20). The summed E-state index contributed by atoms with van der Waals surface area (Å²) in [5.41, 5.74) is 1.75. The number of benzene rings is 1. The Bertz CT molecular complexity index is 719.